The lowest BCUT2D eigenvalue weighted by Gasteiger charge is -2.18. The first-order chi connectivity index (χ1) is 18.9. The molecule has 1 aromatic carbocycles. The van der Waals surface area contributed by atoms with Crippen molar-refractivity contribution in [1.82, 2.24) is 4.57 Å². The van der Waals surface area contributed by atoms with Crippen LogP contribution >= 0.6 is 0 Å². The number of aryl methyl sites for hydroxylation is 1. The van der Waals surface area contributed by atoms with Gasteiger partial charge in [0.05, 0.1) is 19.2 Å². The van der Waals surface area contributed by atoms with Crippen LogP contribution in [-0.2, 0) is 6.54 Å². The molecule has 0 radical (unpaired) electrons. The molecular formula is C34H53NO4. The van der Waals surface area contributed by atoms with Crippen LogP contribution in [0.1, 0.15) is 112 Å². The van der Waals surface area contributed by atoms with Crippen LogP contribution < -0.4 is 19.8 Å². The Morgan fingerprint density at radius 3 is 2.23 bits per heavy atom. The number of hydrogen-bond acceptors (Lipinski definition) is 4. The summed E-state index contributed by atoms with van der Waals surface area (Å²) in [7, 11) is 1.61. The molecule has 0 saturated heterocycles. The lowest BCUT2D eigenvalue weighted by atomic mass is 10.1. The van der Waals surface area contributed by atoms with Crippen molar-refractivity contribution in [3.63, 3.8) is 0 Å². The quantitative estimate of drug-likeness (QED) is 0.124. The molecular weight excluding hydrogens is 486 g/mol. The topological polar surface area (TPSA) is 49.7 Å². The van der Waals surface area contributed by atoms with Crippen LogP contribution in [0, 0.1) is 0 Å². The molecule has 0 bridgehead atoms. The Hall–Kier alpha value is -2.69. The Balaban J connectivity index is 2.29. The average Bonchev–Trinajstić information content (AvgIpc) is 2.91. The van der Waals surface area contributed by atoms with Gasteiger partial charge in [0.2, 0.25) is 5.75 Å². The van der Waals surface area contributed by atoms with E-state index in [2.05, 4.69) is 46.8 Å². The maximum absolute atomic E-state index is 13.7. The van der Waals surface area contributed by atoms with Crippen molar-refractivity contribution >= 4 is 10.9 Å². The van der Waals surface area contributed by atoms with E-state index in [0.29, 0.717) is 31.3 Å². The van der Waals surface area contributed by atoms with Gasteiger partial charge in [-0.2, -0.15) is 0 Å². The summed E-state index contributed by atoms with van der Waals surface area (Å²) in [5.74, 6) is 1.60. The van der Waals surface area contributed by atoms with Crippen LogP contribution in [-0.4, -0.2) is 24.9 Å². The van der Waals surface area contributed by atoms with Gasteiger partial charge < -0.3 is 18.8 Å². The zero-order valence-corrected chi connectivity index (χ0v) is 25.6. The smallest absolute Gasteiger partial charge is 0.297 e. The second kappa shape index (κ2) is 18.6. The van der Waals surface area contributed by atoms with Gasteiger partial charge in [0.25, 0.3) is 5.56 Å². The number of rotatable bonds is 20. The Labute approximate surface area is 237 Å². The van der Waals surface area contributed by atoms with Gasteiger partial charge in [0.15, 0.2) is 5.75 Å². The fourth-order valence-corrected chi connectivity index (χ4v) is 4.74. The average molecular weight is 540 g/mol. The van der Waals surface area contributed by atoms with E-state index in [1.807, 2.05) is 22.8 Å². The number of pyridine rings is 1. The van der Waals surface area contributed by atoms with Gasteiger partial charge in [0, 0.05) is 18.0 Å². The summed E-state index contributed by atoms with van der Waals surface area (Å²) in [6.07, 6.45) is 17.9. The largest absolute Gasteiger partial charge is 0.492 e. The van der Waals surface area contributed by atoms with Crippen molar-refractivity contribution < 1.29 is 14.2 Å². The second-order valence-corrected chi connectivity index (χ2v) is 10.9. The molecule has 0 aliphatic rings. The molecule has 0 aliphatic heterocycles. The Kier molecular flexibility index (Phi) is 15.5. The zero-order chi connectivity index (χ0) is 28.5. The van der Waals surface area contributed by atoms with E-state index in [4.69, 9.17) is 14.2 Å². The molecule has 0 spiro atoms. The van der Waals surface area contributed by atoms with Gasteiger partial charge in [0.1, 0.15) is 12.4 Å². The predicted molar refractivity (Wildman–Crippen MR) is 166 cm³/mol. The molecule has 0 N–H and O–H groups in total. The van der Waals surface area contributed by atoms with E-state index in [1.165, 1.54) is 49.7 Å². The third-order valence-corrected chi connectivity index (χ3v) is 7.11. The number of benzene rings is 1. The highest BCUT2D eigenvalue weighted by molar-refractivity contribution is 5.89. The van der Waals surface area contributed by atoms with Crippen molar-refractivity contribution in [2.75, 3.05) is 20.3 Å². The molecule has 5 heteroatoms. The lowest BCUT2D eigenvalue weighted by Crippen LogP contribution is -2.24. The lowest BCUT2D eigenvalue weighted by molar-refractivity contribution is 0.280. The van der Waals surface area contributed by atoms with E-state index in [0.717, 1.165) is 55.2 Å². The monoisotopic (exact) mass is 539 g/mol. The first kappa shape index (κ1) is 32.5. The molecule has 1 heterocycles. The summed E-state index contributed by atoms with van der Waals surface area (Å²) in [4.78, 5) is 13.7. The highest BCUT2D eigenvalue weighted by Gasteiger charge is 2.19. The number of hydrogen-bond donors (Lipinski definition) is 0. The van der Waals surface area contributed by atoms with Gasteiger partial charge >= 0.3 is 0 Å². The fourth-order valence-electron chi connectivity index (χ4n) is 4.74. The van der Waals surface area contributed by atoms with Crippen LogP contribution in [0.5, 0.6) is 17.2 Å². The summed E-state index contributed by atoms with van der Waals surface area (Å²) in [6.45, 7) is 12.5. The number of ether oxygens (including phenoxy) is 3. The molecule has 5 nitrogen and oxygen atoms in total. The SMILES string of the molecule is CCCCCCCCn1c(=O)c(OCCCCCC)c(OC)c2ccc(OC/C=C(\C)CCC=C(C)C)cc21. The van der Waals surface area contributed by atoms with Crippen LogP contribution in [0.2, 0.25) is 0 Å². The second-order valence-electron chi connectivity index (χ2n) is 10.9. The van der Waals surface area contributed by atoms with Crippen LogP contribution in [0.25, 0.3) is 10.9 Å². The molecule has 0 atom stereocenters. The van der Waals surface area contributed by atoms with E-state index >= 15 is 0 Å². The Bertz CT molecular complexity index is 1110. The van der Waals surface area contributed by atoms with Crippen molar-refractivity contribution in [3.05, 3.63) is 51.9 Å². The number of allylic oxidation sites excluding steroid dienone is 3. The van der Waals surface area contributed by atoms with Crippen LogP contribution in [0.3, 0.4) is 0 Å². The molecule has 0 saturated carbocycles. The van der Waals surface area contributed by atoms with Crippen LogP contribution in [0.4, 0.5) is 0 Å². The standard InChI is InChI=1S/C34H53NO4/c1-7-9-11-13-14-15-23-35-31-26-29(38-25-22-28(5)19-17-18-27(3)4)20-21-30(31)32(37-6)33(34(35)36)39-24-16-12-10-8-2/h18,20-22,26H,7-17,19,23-25H2,1-6H3/b28-22+. The highest BCUT2D eigenvalue weighted by Crippen LogP contribution is 2.35. The normalized spacial score (nSPS) is 11.6. The van der Waals surface area contributed by atoms with E-state index in [9.17, 15) is 4.79 Å². The molecule has 0 fully saturated rings. The third-order valence-electron chi connectivity index (χ3n) is 7.11. The number of unbranched alkanes of at least 4 members (excludes halogenated alkanes) is 8. The number of aromatic nitrogens is 1. The molecule has 1 aromatic heterocycles. The highest BCUT2D eigenvalue weighted by atomic mass is 16.5. The maximum Gasteiger partial charge on any atom is 0.297 e. The first-order valence-electron chi connectivity index (χ1n) is 15.2. The molecule has 39 heavy (non-hydrogen) atoms. The Morgan fingerprint density at radius 2 is 1.54 bits per heavy atom. The van der Waals surface area contributed by atoms with Gasteiger partial charge in [-0.3, -0.25) is 4.79 Å². The summed E-state index contributed by atoms with van der Waals surface area (Å²) in [5.41, 5.74) is 3.39. The number of methoxy groups -OCH3 is 1. The van der Waals surface area contributed by atoms with Crippen molar-refractivity contribution in [3.8, 4) is 17.2 Å². The number of nitrogens with zero attached hydrogens (tertiary/aromatic N) is 1. The van der Waals surface area contributed by atoms with Crippen molar-refractivity contribution in [2.24, 2.45) is 0 Å². The molecule has 0 unspecified atom stereocenters. The Morgan fingerprint density at radius 1 is 0.846 bits per heavy atom. The summed E-state index contributed by atoms with van der Waals surface area (Å²) >= 11 is 0. The number of fused-ring (bicyclic) bond motifs is 1. The van der Waals surface area contributed by atoms with E-state index in [-0.39, 0.29) is 5.56 Å². The van der Waals surface area contributed by atoms with Crippen LogP contribution in [0.15, 0.2) is 46.3 Å². The van der Waals surface area contributed by atoms with E-state index < -0.39 is 0 Å². The minimum atomic E-state index is -0.115. The van der Waals surface area contributed by atoms with Gasteiger partial charge in [-0.15, -0.1) is 0 Å². The predicted octanol–water partition coefficient (Wildman–Crippen LogP) is 9.40. The van der Waals surface area contributed by atoms with E-state index in [1.54, 1.807) is 7.11 Å². The molecule has 2 aromatic rings. The summed E-state index contributed by atoms with van der Waals surface area (Å²) in [6, 6.07) is 5.94. The first-order valence-corrected chi connectivity index (χ1v) is 15.2. The molecule has 2 rings (SSSR count). The zero-order valence-electron chi connectivity index (χ0n) is 25.6. The van der Waals surface area contributed by atoms with Gasteiger partial charge in [-0.1, -0.05) is 82.4 Å². The fraction of sp³-hybridized carbons (Fsp3) is 0.618. The van der Waals surface area contributed by atoms with Crippen molar-refractivity contribution in [2.45, 2.75) is 118 Å². The summed E-state index contributed by atoms with van der Waals surface area (Å²) < 4.78 is 19.8. The molecule has 0 amide bonds. The maximum atomic E-state index is 13.7. The molecule has 218 valence electrons. The minimum absolute atomic E-state index is 0.115. The summed E-state index contributed by atoms with van der Waals surface area (Å²) in [5, 5.41) is 0.882. The van der Waals surface area contributed by atoms with Gasteiger partial charge in [-0.05, 0) is 64.7 Å². The van der Waals surface area contributed by atoms with Crippen molar-refractivity contribution in [1.29, 1.82) is 0 Å². The third kappa shape index (κ3) is 11.1. The minimum Gasteiger partial charge on any atom is -0.492 e. The van der Waals surface area contributed by atoms with Gasteiger partial charge in [-0.25, -0.2) is 0 Å². The molecule has 0 aliphatic carbocycles.